The number of allylic oxidation sites excluding steroid dienone is 1. The zero-order chi connectivity index (χ0) is 13.4. The highest BCUT2D eigenvalue weighted by Gasteiger charge is 2.29. The number of hydrogen-bond donors (Lipinski definition) is 2. The van der Waals surface area contributed by atoms with E-state index < -0.39 is 6.10 Å². The molecule has 0 spiro atoms. The topological polar surface area (TPSA) is 76.0 Å². The van der Waals surface area contributed by atoms with Crippen LogP contribution in [0.5, 0.6) is 0 Å². The Balaban J connectivity index is 2.17. The monoisotopic (exact) mass is 258 g/mol. The third kappa shape index (κ3) is 5.16. The second-order valence-corrected chi connectivity index (χ2v) is 4.36. The fraction of sp³-hybridized carbons (Fsp3) is 0.769. The molecule has 2 N–H and O–H groups in total. The average molecular weight is 258 g/mol. The molecule has 0 aliphatic carbocycles. The van der Waals surface area contributed by atoms with Crippen LogP contribution >= 0.6 is 0 Å². The summed E-state index contributed by atoms with van der Waals surface area (Å²) in [7, 11) is 0. The van der Waals surface area contributed by atoms with Gasteiger partial charge in [-0.2, -0.15) is 0 Å². The highest BCUT2D eigenvalue weighted by molar-refractivity contribution is 5.81. The van der Waals surface area contributed by atoms with Crippen molar-refractivity contribution >= 4 is 5.97 Å². The number of ether oxygens (including phenoxy) is 2. The van der Waals surface area contributed by atoms with Crippen LogP contribution in [0, 0.1) is 0 Å². The van der Waals surface area contributed by atoms with Crippen molar-refractivity contribution in [1.29, 1.82) is 0 Å². The van der Waals surface area contributed by atoms with Gasteiger partial charge in [0.15, 0.2) is 0 Å². The number of aliphatic hydroxyl groups is 2. The molecule has 5 nitrogen and oxygen atoms in total. The molecule has 0 amide bonds. The molecule has 1 rings (SSSR count). The van der Waals surface area contributed by atoms with Gasteiger partial charge in [-0.3, -0.25) is 0 Å². The van der Waals surface area contributed by atoms with E-state index in [1.165, 1.54) is 6.08 Å². The smallest absolute Gasteiger partial charge is 0.330 e. The van der Waals surface area contributed by atoms with Crippen LogP contribution in [0.2, 0.25) is 0 Å². The van der Waals surface area contributed by atoms with Gasteiger partial charge in [0.05, 0.1) is 31.5 Å². The minimum atomic E-state index is -0.548. The Kier molecular flexibility index (Phi) is 6.93. The van der Waals surface area contributed by atoms with Gasteiger partial charge >= 0.3 is 5.97 Å². The van der Waals surface area contributed by atoms with E-state index in [0.717, 1.165) is 12.8 Å². The molecule has 0 aromatic heterocycles. The average Bonchev–Trinajstić information content (AvgIpc) is 2.83. The van der Waals surface area contributed by atoms with Crippen molar-refractivity contribution in [3.05, 3.63) is 12.2 Å². The van der Waals surface area contributed by atoms with Crippen LogP contribution in [0.3, 0.4) is 0 Å². The van der Waals surface area contributed by atoms with E-state index in [2.05, 4.69) is 0 Å². The fourth-order valence-electron chi connectivity index (χ4n) is 1.97. The first-order valence-electron chi connectivity index (χ1n) is 6.45. The molecule has 0 bridgehead atoms. The van der Waals surface area contributed by atoms with Crippen LogP contribution in [-0.4, -0.2) is 47.7 Å². The molecule has 5 heteroatoms. The van der Waals surface area contributed by atoms with E-state index in [9.17, 15) is 9.90 Å². The number of hydrogen-bond acceptors (Lipinski definition) is 5. The zero-order valence-corrected chi connectivity index (χ0v) is 10.7. The number of carbonyl (C=O) groups is 1. The maximum Gasteiger partial charge on any atom is 0.330 e. The molecule has 1 aliphatic rings. The molecular formula is C13H22O5. The third-order valence-corrected chi connectivity index (χ3v) is 2.94. The lowest BCUT2D eigenvalue weighted by molar-refractivity contribution is -0.137. The van der Waals surface area contributed by atoms with Crippen molar-refractivity contribution in [2.75, 3.05) is 13.2 Å². The Morgan fingerprint density at radius 3 is 2.94 bits per heavy atom. The van der Waals surface area contributed by atoms with Crippen LogP contribution in [-0.2, 0) is 14.3 Å². The molecule has 0 aromatic rings. The summed E-state index contributed by atoms with van der Waals surface area (Å²) in [6.45, 7) is 2.13. The van der Waals surface area contributed by atoms with Crippen LogP contribution in [0.4, 0.5) is 0 Å². The van der Waals surface area contributed by atoms with E-state index in [4.69, 9.17) is 14.6 Å². The highest BCUT2D eigenvalue weighted by Crippen LogP contribution is 2.23. The summed E-state index contributed by atoms with van der Waals surface area (Å²) < 4.78 is 10.2. The maximum absolute atomic E-state index is 11.0. The van der Waals surface area contributed by atoms with Gasteiger partial charge in [-0.05, 0) is 32.6 Å². The normalized spacial score (nSPS) is 25.5. The van der Waals surface area contributed by atoms with Gasteiger partial charge in [-0.1, -0.05) is 6.08 Å². The first-order valence-corrected chi connectivity index (χ1v) is 6.45. The third-order valence-electron chi connectivity index (χ3n) is 2.94. The van der Waals surface area contributed by atoms with Crippen molar-refractivity contribution in [2.24, 2.45) is 0 Å². The Hall–Kier alpha value is -0.910. The van der Waals surface area contributed by atoms with Gasteiger partial charge in [-0.25, -0.2) is 4.79 Å². The van der Waals surface area contributed by atoms with Gasteiger partial charge in [0.25, 0.3) is 0 Å². The lowest BCUT2D eigenvalue weighted by atomic mass is 10.1. The quantitative estimate of drug-likeness (QED) is 0.521. The van der Waals surface area contributed by atoms with Gasteiger partial charge in [-0.15, -0.1) is 0 Å². The summed E-state index contributed by atoms with van der Waals surface area (Å²) in [5.41, 5.74) is 0. The summed E-state index contributed by atoms with van der Waals surface area (Å²) in [6, 6.07) is 0. The van der Waals surface area contributed by atoms with Crippen LogP contribution in [0.25, 0.3) is 0 Å². The van der Waals surface area contributed by atoms with Crippen LogP contribution in [0.15, 0.2) is 12.2 Å². The van der Waals surface area contributed by atoms with Crippen molar-refractivity contribution in [1.82, 2.24) is 0 Å². The number of rotatable bonds is 7. The fourth-order valence-corrected chi connectivity index (χ4v) is 1.97. The van der Waals surface area contributed by atoms with E-state index in [-0.39, 0.29) is 24.8 Å². The van der Waals surface area contributed by atoms with Crippen molar-refractivity contribution in [3.63, 3.8) is 0 Å². The second-order valence-electron chi connectivity index (χ2n) is 4.36. The standard InChI is InChI=1S/C13H22O5/c1-2-17-13(16)6-4-3-5-11(15)12-8-7-10(9-14)18-12/h4,6,10-12,14-15H,2-3,5,7-9H2,1H3/b6-4+/t10-,11+,12+/m1/s1. The molecule has 0 saturated carbocycles. The van der Waals surface area contributed by atoms with Gasteiger partial charge in [0.2, 0.25) is 0 Å². The first-order chi connectivity index (χ1) is 8.67. The van der Waals surface area contributed by atoms with Crippen molar-refractivity contribution in [3.8, 4) is 0 Å². The molecule has 1 saturated heterocycles. The summed E-state index contributed by atoms with van der Waals surface area (Å²) in [5, 5.41) is 18.8. The number of carbonyl (C=O) groups excluding carboxylic acids is 1. The van der Waals surface area contributed by atoms with E-state index in [1.807, 2.05) is 0 Å². The van der Waals surface area contributed by atoms with Crippen LogP contribution < -0.4 is 0 Å². The SMILES string of the molecule is CCOC(=O)/C=C/CC[C@H](O)[C@@H]1CC[C@H](CO)O1. The largest absolute Gasteiger partial charge is 0.463 e. The molecule has 1 aliphatic heterocycles. The lowest BCUT2D eigenvalue weighted by Crippen LogP contribution is -2.27. The van der Waals surface area contributed by atoms with Gasteiger partial charge < -0.3 is 19.7 Å². The molecule has 104 valence electrons. The Labute approximate surface area is 107 Å². The van der Waals surface area contributed by atoms with Crippen molar-refractivity contribution in [2.45, 2.75) is 50.9 Å². The molecule has 1 heterocycles. The predicted molar refractivity (Wildman–Crippen MR) is 66.0 cm³/mol. The summed E-state index contributed by atoms with van der Waals surface area (Å²) in [6.07, 6.45) is 4.89. The summed E-state index contributed by atoms with van der Waals surface area (Å²) >= 11 is 0. The molecule has 0 radical (unpaired) electrons. The minimum absolute atomic E-state index is 0.00593. The molecular weight excluding hydrogens is 236 g/mol. The Morgan fingerprint density at radius 1 is 1.56 bits per heavy atom. The zero-order valence-electron chi connectivity index (χ0n) is 10.7. The molecule has 0 aromatic carbocycles. The van der Waals surface area contributed by atoms with Crippen LogP contribution in [0.1, 0.15) is 32.6 Å². The Bertz CT molecular complexity index is 277. The summed E-state index contributed by atoms with van der Waals surface area (Å²) in [4.78, 5) is 11.0. The second kappa shape index (κ2) is 8.24. The lowest BCUT2D eigenvalue weighted by Gasteiger charge is -2.17. The molecule has 0 unspecified atom stereocenters. The predicted octanol–water partition coefficient (Wildman–Crippen LogP) is 0.787. The number of esters is 1. The van der Waals surface area contributed by atoms with Gasteiger partial charge in [0, 0.05) is 6.08 Å². The highest BCUT2D eigenvalue weighted by atomic mass is 16.5. The molecule has 18 heavy (non-hydrogen) atoms. The first kappa shape index (κ1) is 15.1. The number of aliphatic hydroxyl groups excluding tert-OH is 2. The van der Waals surface area contributed by atoms with Gasteiger partial charge in [0.1, 0.15) is 0 Å². The summed E-state index contributed by atoms with van der Waals surface area (Å²) in [5.74, 6) is -0.357. The minimum Gasteiger partial charge on any atom is -0.463 e. The van der Waals surface area contributed by atoms with E-state index in [1.54, 1.807) is 13.0 Å². The molecule has 1 fully saturated rings. The van der Waals surface area contributed by atoms with Crippen molar-refractivity contribution < 1.29 is 24.5 Å². The maximum atomic E-state index is 11.0. The van der Waals surface area contributed by atoms with E-state index >= 15 is 0 Å². The van der Waals surface area contributed by atoms with E-state index in [0.29, 0.717) is 19.4 Å². The molecule has 3 atom stereocenters. The Morgan fingerprint density at radius 2 is 2.33 bits per heavy atom.